The molecule has 0 aliphatic heterocycles. The van der Waals surface area contributed by atoms with Crippen molar-refractivity contribution >= 4 is 11.9 Å². The molecule has 270 valence electrons. The van der Waals surface area contributed by atoms with Crippen LogP contribution in [0.2, 0.25) is 0 Å². The van der Waals surface area contributed by atoms with Gasteiger partial charge in [-0.2, -0.15) is 0 Å². The number of likely N-dealkylation sites (N-methyl/N-ethyl adjacent to an activating group) is 2. The standard InChI is InChI=1S/C38H70N2O4.2ClH/c1-7-9-11-13-15-17-19-21-23-25-31-39(3,4)33-37(41)43-35-27-29-36(30-28-35)44-38(42)34-40(5,6)32-26-24-22-20-18-16-14-12-10-8-2;;/h27-30H,7-26,31-34H2,1-6H3;2*1H/q+2;;/p-2. The van der Waals surface area contributed by atoms with Crippen molar-refractivity contribution in [3.05, 3.63) is 24.3 Å². The fourth-order valence-electron chi connectivity index (χ4n) is 5.81. The van der Waals surface area contributed by atoms with Gasteiger partial charge in [0.05, 0.1) is 41.3 Å². The summed E-state index contributed by atoms with van der Waals surface area (Å²) >= 11 is 0. The van der Waals surface area contributed by atoms with Gasteiger partial charge in [0, 0.05) is 0 Å². The third kappa shape index (κ3) is 26.7. The summed E-state index contributed by atoms with van der Waals surface area (Å²) in [5.74, 6) is 0.479. The number of carbonyl (C=O) groups excluding carboxylic acids is 2. The smallest absolute Gasteiger partial charge is 0.367 e. The Balaban J connectivity index is 0. The largest absolute Gasteiger partial charge is 1.00 e. The number of rotatable bonds is 28. The van der Waals surface area contributed by atoms with Gasteiger partial charge in [0.1, 0.15) is 11.5 Å². The molecule has 0 spiro atoms. The molecule has 8 heteroatoms. The van der Waals surface area contributed by atoms with Crippen LogP contribution in [0.3, 0.4) is 0 Å². The summed E-state index contributed by atoms with van der Waals surface area (Å²) in [7, 11) is 8.37. The fraction of sp³-hybridized carbons (Fsp3) is 0.789. The van der Waals surface area contributed by atoms with E-state index in [9.17, 15) is 9.59 Å². The lowest BCUT2D eigenvalue weighted by atomic mass is 10.1. The van der Waals surface area contributed by atoms with Gasteiger partial charge in [0.15, 0.2) is 13.1 Å². The molecule has 0 radical (unpaired) electrons. The minimum absolute atomic E-state index is 0. The Morgan fingerprint density at radius 1 is 0.457 bits per heavy atom. The first kappa shape index (κ1) is 46.8. The number of quaternary nitrogens is 2. The summed E-state index contributed by atoms with van der Waals surface area (Å²) < 4.78 is 12.4. The normalized spacial score (nSPS) is 11.4. The van der Waals surface area contributed by atoms with Crippen LogP contribution in [0.1, 0.15) is 142 Å². The maximum Gasteiger partial charge on any atom is 0.367 e. The predicted molar refractivity (Wildman–Crippen MR) is 185 cm³/mol. The van der Waals surface area contributed by atoms with Crippen molar-refractivity contribution in [2.45, 2.75) is 142 Å². The Bertz CT molecular complexity index is 807. The lowest BCUT2D eigenvalue weighted by Crippen LogP contribution is -3.00. The highest BCUT2D eigenvalue weighted by molar-refractivity contribution is 5.74. The van der Waals surface area contributed by atoms with Crippen LogP contribution in [0.5, 0.6) is 11.5 Å². The molecule has 0 unspecified atom stereocenters. The minimum Gasteiger partial charge on any atom is -1.00 e. The molecule has 46 heavy (non-hydrogen) atoms. The van der Waals surface area contributed by atoms with E-state index in [1.54, 1.807) is 24.3 Å². The second-order valence-electron chi connectivity index (χ2n) is 14.4. The Hall–Kier alpha value is -1.34. The molecule has 6 nitrogen and oxygen atoms in total. The number of hydrogen-bond donors (Lipinski definition) is 0. The maximum atomic E-state index is 12.6. The number of nitrogens with zero attached hydrogens (tertiary/aromatic N) is 2. The van der Waals surface area contributed by atoms with E-state index in [1.807, 2.05) is 0 Å². The Kier molecular flexibility index (Phi) is 29.1. The van der Waals surface area contributed by atoms with Crippen molar-refractivity contribution in [3.8, 4) is 11.5 Å². The maximum absolute atomic E-state index is 12.6. The molecule has 0 N–H and O–H groups in total. The van der Waals surface area contributed by atoms with E-state index in [-0.39, 0.29) is 36.8 Å². The lowest BCUT2D eigenvalue weighted by molar-refractivity contribution is -0.883. The van der Waals surface area contributed by atoms with Crippen LogP contribution in [0.4, 0.5) is 0 Å². The average Bonchev–Trinajstić information content (AvgIpc) is 2.95. The van der Waals surface area contributed by atoms with E-state index in [2.05, 4.69) is 42.0 Å². The second-order valence-corrected chi connectivity index (χ2v) is 14.4. The highest BCUT2D eigenvalue weighted by atomic mass is 35.5. The number of esters is 2. The summed E-state index contributed by atoms with van der Waals surface area (Å²) in [6.45, 7) is 7.12. The van der Waals surface area contributed by atoms with E-state index in [4.69, 9.17) is 9.47 Å². The molecule has 0 aliphatic carbocycles. The number of benzene rings is 1. The molecule has 1 aromatic carbocycles. The minimum atomic E-state index is -0.238. The van der Waals surface area contributed by atoms with Gasteiger partial charge in [0.25, 0.3) is 0 Å². The van der Waals surface area contributed by atoms with Gasteiger partial charge >= 0.3 is 11.9 Å². The van der Waals surface area contributed by atoms with Crippen molar-refractivity contribution in [2.24, 2.45) is 0 Å². The quantitative estimate of drug-likeness (QED) is 0.0586. The third-order valence-corrected chi connectivity index (χ3v) is 8.64. The Morgan fingerprint density at radius 2 is 0.696 bits per heavy atom. The van der Waals surface area contributed by atoms with Crippen molar-refractivity contribution in [2.75, 3.05) is 54.4 Å². The van der Waals surface area contributed by atoms with E-state index in [1.165, 1.54) is 116 Å². The summed E-state index contributed by atoms with van der Waals surface area (Å²) in [5, 5.41) is 0. The van der Waals surface area contributed by atoms with E-state index in [0.29, 0.717) is 33.6 Å². The van der Waals surface area contributed by atoms with Gasteiger partial charge in [-0.05, 0) is 49.9 Å². The van der Waals surface area contributed by atoms with Gasteiger partial charge in [-0.1, -0.05) is 117 Å². The van der Waals surface area contributed by atoms with Crippen LogP contribution in [0, 0.1) is 0 Å². The highest BCUT2D eigenvalue weighted by Crippen LogP contribution is 2.19. The molecule has 0 fully saturated rings. The van der Waals surface area contributed by atoms with Gasteiger partial charge in [-0.15, -0.1) is 0 Å². The molecule has 0 saturated carbocycles. The Labute approximate surface area is 296 Å². The van der Waals surface area contributed by atoms with Crippen molar-refractivity contribution in [1.82, 2.24) is 0 Å². The van der Waals surface area contributed by atoms with Crippen LogP contribution in [-0.4, -0.2) is 75.3 Å². The van der Waals surface area contributed by atoms with Crippen LogP contribution in [-0.2, 0) is 9.59 Å². The first-order valence-electron chi connectivity index (χ1n) is 18.2. The number of halogens is 2. The van der Waals surface area contributed by atoms with E-state index >= 15 is 0 Å². The van der Waals surface area contributed by atoms with Gasteiger partial charge < -0.3 is 43.3 Å². The number of hydrogen-bond acceptors (Lipinski definition) is 4. The molecule has 0 bridgehead atoms. The molecule has 0 saturated heterocycles. The SMILES string of the molecule is CCCCCCCCCCCC[N+](C)(C)CC(=O)Oc1ccc(OC(=O)C[N+](C)(C)CCCCCCCCCCCC)cc1.[Cl-].[Cl-]. The molecule has 0 heterocycles. The van der Waals surface area contributed by atoms with Crippen molar-refractivity contribution < 1.29 is 52.8 Å². The van der Waals surface area contributed by atoms with E-state index in [0.717, 1.165) is 25.9 Å². The van der Waals surface area contributed by atoms with Crippen molar-refractivity contribution in [1.29, 1.82) is 0 Å². The summed E-state index contributed by atoms with van der Waals surface area (Å²) in [4.78, 5) is 25.2. The molecule has 0 aliphatic rings. The van der Waals surface area contributed by atoms with Crippen LogP contribution >= 0.6 is 0 Å². The molecular weight excluding hydrogens is 619 g/mol. The predicted octanol–water partition coefficient (Wildman–Crippen LogP) is 3.50. The number of unbranched alkanes of at least 4 members (excludes halogenated alkanes) is 18. The summed E-state index contributed by atoms with van der Waals surface area (Å²) in [6.07, 6.45) is 26.2. The first-order valence-corrected chi connectivity index (χ1v) is 18.2. The molecule has 1 rings (SSSR count). The Morgan fingerprint density at radius 3 is 0.957 bits per heavy atom. The fourth-order valence-corrected chi connectivity index (χ4v) is 5.81. The third-order valence-electron chi connectivity index (χ3n) is 8.64. The van der Waals surface area contributed by atoms with Crippen LogP contribution < -0.4 is 34.3 Å². The zero-order valence-electron chi connectivity index (χ0n) is 30.6. The topological polar surface area (TPSA) is 52.6 Å². The summed E-state index contributed by atoms with van der Waals surface area (Å²) in [6, 6.07) is 6.80. The van der Waals surface area contributed by atoms with Crippen molar-refractivity contribution in [3.63, 3.8) is 0 Å². The van der Waals surface area contributed by atoms with Gasteiger partial charge in [-0.3, -0.25) is 0 Å². The van der Waals surface area contributed by atoms with Gasteiger partial charge in [-0.25, -0.2) is 9.59 Å². The zero-order chi connectivity index (χ0) is 32.5. The molecule has 0 atom stereocenters. The molecule has 0 amide bonds. The number of ether oxygens (including phenoxy) is 2. The molecular formula is C38H70Cl2N2O4. The zero-order valence-corrected chi connectivity index (χ0v) is 32.1. The molecule has 1 aromatic rings. The highest BCUT2D eigenvalue weighted by Gasteiger charge is 2.23. The van der Waals surface area contributed by atoms with Gasteiger partial charge in [0.2, 0.25) is 0 Å². The second kappa shape index (κ2) is 28.7. The van der Waals surface area contributed by atoms with E-state index < -0.39 is 0 Å². The van der Waals surface area contributed by atoms with Crippen LogP contribution in [0.15, 0.2) is 24.3 Å². The summed E-state index contributed by atoms with van der Waals surface area (Å²) in [5.41, 5.74) is 0. The van der Waals surface area contributed by atoms with Crippen LogP contribution in [0.25, 0.3) is 0 Å². The lowest BCUT2D eigenvalue weighted by Gasteiger charge is -2.28. The first-order chi connectivity index (χ1) is 21.1. The molecule has 0 aromatic heterocycles. The number of carbonyl (C=O) groups is 2. The average molecular weight is 690 g/mol. The monoisotopic (exact) mass is 688 g/mol.